The molecule has 1 saturated heterocycles. The molecule has 0 aromatic heterocycles. The number of halogens is 1. The topological polar surface area (TPSA) is 35.6 Å². The first-order chi connectivity index (χ1) is 8.61. The number of nitrogens with one attached hydrogen (secondary N) is 1. The summed E-state index contributed by atoms with van der Waals surface area (Å²) in [5.41, 5.74) is 0.820. The number of anilines is 1. The molecule has 0 atom stereocenters. The number of hydrogen-bond acceptors (Lipinski definition) is 3. The maximum absolute atomic E-state index is 13.6. The fourth-order valence-corrected chi connectivity index (χ4v) is 2.04. The average Bonchev–Trinajstić information content (AvgIpc) is 2.38. The Morgan fingerprint density at radius 1 is 1.28 bits per heavy atom. The van der Waals surface area contributed by atoms with E-state index in [1.807, 2.05) is 7.05 Å². The van der Waals surface area contributed by atoms with Crippen LogP contribution < -0.4 is 5.32 Å². The Labute approximate surface area is 106 Å². The van der Waals surface area contributed by atoms with Crippen LogP contribution in [0.1, 0.15) is 10.4 Å². The van der Waals surface area contributed by atoms with Crippen LogP contribution in [0.5, 0.6) is 0 Å². The quantitative estimate of drug-likeness (QED) is 0.859. The van der Waals surface area contributed by atoms with Crippen LogP contribution in [-0.2, 0) is 0 Å². The molecule has 0 spiro atoms. The molecule has 18 heavy (non-hydrogen) atoms. The zero-order valence-electron chi connectivity index (χ0n) is 10.7. The zero-order chi connectivity index (χ0) is 13.1. The monoisotopic (exact) mass is 251 g/mol. The van der Waals surface area contributed by atoms with Gasteiger partial charge in [0.2, 0.25) is 0 Å². The van der Waals surface area contributed by atoms with Crippen molar-refractivity contribution in [1.82, 2.24) is 9.80 Å². The first-order valence-electron chi connectivity index (χ1n) is 6.07. The van der Waals surface area contributed by atoms with Crippen molar-refractivity contribution in [2.45, 2.75) is 0 Å². The number of piperazine rings is 1. The molecule has 0 radical (unpaired) electrons. The van der Waals surface area contributed by atoms with Crippen LogP contribution in [0.25, 0.3) is 0 Å². The predicted octanol–water partition coefficient (Wildman–Crippen LogP) is 1.25. The van der Waals surface area contributed by atoms with Crippen molar-refractivity contribution in [3.63, 3.8) is 0 Å². The molecule has 5 heteroatoms. The molecule has 1 N–H and O–H groups in total. The van der Waals surface area contributed by atoms with E-state index in [9.17, 15) is 9.18 Å². The van der Waals surface area contributed by atoms with Gasteiger partial charge in [0, 0.05) is 38.8 Å². The van der Waals surface area contributed by atoms with Crippen LogP contribution in [0.3, 0.4) is 0 Å². The summed E-state index contributed by atoms with van der Waals surface area (Å²) in [5, 5.41) is 2.74. The van der Waals surface area contributed by atoms with Crippen LogP contribution in [0, 0.1) is 5.82 Å². The Bertz CT molecular complexity index is 442. The van der Waals surface area contributed by atoms with E-state index in [4.69, 9.17) is 0 Å². The lowest BCUT2D eigenvalue weighted by molar-refractivity contribution is 0.0663. The molecule has 1 aliphatic rings. The van der Waals surface area contributed by atoms with E-state index in [-0.39, 0.29) is 5.91 Å². The molecule has 1 heterocycles. The minimum atomic E-state index is -0.391. The summed E-state index contributed by atoms with van der Waals surface area (Å²) in [6, 6.07) is 4.56. The van der Waals surface area contributed by atoms with E-state index in [0.29, 0.717) is 24.3 Å². The summed E-state index contributed by atoms with van der Waals surface area (Å²) in [7, 11) is 3.68. The molecule has 0 aliphatic carbocycles. The van der Waals surface area contributed by atoms with Crippen molar-refractivity contribution in [3.8, 4) is 0 Å². The number of carbonyl (C=O) groups excluding carboxylic acids is 1. The average molecular weight is 251 g/mol. The molecule has 1 aromatic rings. The minimum Gasteiger partial charge on any atom is -0.386 e. The molecule has 4 nitrogen and oxygen atoms in total. The number of nitrogens with zero attached hydrogens (tertiary/aromatic N) is 2. The normalized spacial score (nSPS) is 16.7. The highest BCUT2D eigenvalue weighted by Gasteiger charge is 2.20. The maximum Gasteiger partial charge on any atom is 0.254 e. The van der Waals surface area contributed by atoms with Crippen molar-refractivity contribution in [2.24, 2.45) is 0 Å². The fourth-order valence-electron chi connectivity index (χ4n) is 2.04. The van der Waals surface area contributed by atoms with Gasteiger partial charge in [-0.3, -0.25) is 4.79 Å². The van der Waals surface area contributed by atoms with Gasteiger partial charge in [0.15, 0.2) is 0 Å². The lowest BCUT2D eigenvalue weighted by Crippen LogP contribution is -2.47. The van der Waals surface area contributed by atoms with Crippen LogP contribution in [0.4, 0.5) is 10.1 Å². The van der Waals surface area contributed by atoms with Gasteiger partial charge in [-0.15, -0.1) is 0 Å². The van der Waals surface area contributed by atoms with E-state index in [2.05, 4.69) is 10.2 Å². The third-order valence-corrected chi connectivity index (χ3v) is 3.28. The Morgan fingerprint density at radius 3 is 2.50 bits per heavy atom. The van der Waals surface area contributed by atoms with Gasteiger partial charge in [-0.25, -0.2) is 4.39 Å². The molecule has 0 saturated carbocycles. The molecular formula is C13H18FN3O. The Morgan fingerprint density at radius 2 is 1.94 bits per heavy atom. The highest BCUT2D eigenvalue weighted by Crippen LogP contribution is 2.16. The lowest BCUT2D eigenvalue weighted by Gasteiger charge is -2.32. The van der Waals surface area contributed by atoms with Gasteiger partial charge in [-0.2, -0.15) is 0 Å². The first-order valence-corrected chi connectivity index (χ1v) is 6.07. The molecule has 0 bridgehead atoms. The lowest BCUT2D eigenvalue weighted by atomic mass is 10.1. The summed E-state index contributed by atoms with van der Waals surface area (Å²) in [5.74, 6) is -0.484. The second kappa shape index (κ2) is 5.35. The molecular weight excluding hydrogens is 233 g/mol. The zero-order valence-corrected chi connectivity index (χ0v) is 10.7. The number of amides is 1. The number of rotatable bonds is 2. The molecule has 1 aromatic carbocycles. The van der Waals surface area contributed by atoms with Gasteiger partial charge in [-0.05, 0) is 25.2 Å². The minimum absolute atomic E-state index is 0.0929. The van der Waals surface area contributed by atoms with Crippen molar-refractivity contribution in [3.05, 3.63) is 29.6 Å². The van der Waals surface area contributed by atoms with Crippen LogP contribution in [0.2, 0.25) is 0 Å². The van der Waals surface area contributed by atoms with Crippen molar-refractivity contribution >= 4 is 11.6 Å². The number of hydrogen-bond donors (Lipinski definition) is 1. The van der Waals surface area contributed by atoms with Crippen molar-refractivity contribution in [1.29, 1.82) is 0 Å². The summed E-state index contributed by atoms with van der Waals surface area (Å²) in [4.78, 5) is 16.1. The van der Waals surface area contributed by atoms with Crippen molar-refractivity contribution < 1.29 is 9.18 Å². The second-order valence-corrected chi connectivity index (χ2v) is 4.54. The maximum atomic E-state index is 13.6. The molecule has 98 valence electrons. The Balaban J connectivity index is 2.11. The summed E-state index contributed by atoms with van der Waals surface area (Å²) in [6.07, 6.45) is 0. The molecule has 1 fully saturated rings. The Hall–Kier alpha value is -1.62. The highest BCUT2D eigenvalue weighted by molar-refractivity contribution is 5.94. The van der Waals surface area contributed by atoms with Crippen LogP contribution in [0.15, 0.2) is 18.2 Å². The van der Waals surface area contributed by atoms with Gasteiger partial charge in [-0.1, -0.05) is 0 Å². The largest absolute Gasteiger partial charge is 0.386 e. The Kier molecular flexibility index (Phi) is 3.81. The molecule has 0 unspecified atom stereocenters. The van der Waals surface area contributed by atoms with Gasteiger partial charge in [0.25, 0.3) is 5.91 Å². The number of likely N-dealkylation sites (N-methyl/N-ethyl adjacent to an activating group) is 1. The smallest absolute Gasteiger partial charge is 0.254 e. The highest BCUT2D eigenvalue weighted by atomic mass is 19.1. The number of benzene rings is 1. The third kappa shape index (κ3) is 2.61. The fraction of sp³-hybridized carbons (Fsp3) is 0.462. The second-order valence-electron chi connectivity index (χ2n) is 4.54. The first kappa shape index (κ1) is 12.8. The van der Waals surface area contributed by atoms with E-state index in [1.54, 1.807) is 24.1 Å². The van der Waals surface area contributed by atoms with Gasteiger partial charge in [0.05, 0.1) is 5.69 Å². The van der Waals surface area contributed by atoms with E-state index < -0.39 is 5.82 Å². The summed E-state index contributed by atoms with van der Waals surface area (Å²) >= 11 is 0. The van der Waals surface area contributed by atoms with Gasteiger partial charge < -0.3 is 15.1 Å². The standard InChI is InChI=1S/C13H18FN3O/c1-15-12-4-3-10(9-11(12)14)13(18)17-7-5-16(2)6-8-17/h3-4,9,15H,5-8H2,1-2H3. The molecule has 1 aliphatic heterocycles. The number of carbonyl (C=O) groups is 1. The third-order valence-electron chi connectivity index (χ3n) is 3.28. The predicted molar refractivity (Wildman–Crippen MR) is 69.3 cm³/mol. The van der Waals surface area contributed by atoms with E-state index in [0.717, 1.165) is 13.1 Å². The van der Waals surface area contributed by atoms with E-state index in [1.165, 1.54) is 6.07 Å². The van der Waals surface area contributed by atoms with Crippen molar-refractivity contribution in [2.75, 3.05) is 45.6 Å². The summed E-state index contributed by atoms with van der Waals surface area (Å²) < 4.78 is 13.6. The SMILES string of the molecule is CNc1ccc(C(=O)N2CCN(C)CC2)cc1F. The van der Waals surface area contributed by atoms with Gasteiger partial charge >= 0.3 is 0 Å². The van der Waals surface area contributed by atoms with E-state index >= 15 is 0 Å². The van der Waals surface area contributed by atoms with Gasteiger partial charge in [0.1, 0.15) is 5.82 Å². The van der Waals surface area contributed by atoms with Crippen LogP contribution >= 0.6 is 0 Å². The molecule has 1 amide bonds. The molecule has 2 rings (SSSR count). The summed E-state index contributed by atoms with van der Waals surface area (Å²) in [6.45, 7) is 3.13. The van der Waals surface area contributed by atoms with Crippen LogP contribution in [-0.4, -0.2) is 56.0 Å².